The van der Waals surface area contributed by atoms with E-state index in [1.165, 1.54) is 12.1 Å². The summed E-state index contributed by atoms with van der Waals surface area (Å²) in [7, 11) is 0. The van der Waals surface area contributed by atoms with Crippen LogP contribution in [0.15, 0.2) is 24.3 Å². The van der Waals surface area contributed by atoms with E-state index in [0.717, 1.165) is 0 Å². The molecule has 0 fully saturated rings. The summed E-state index contributed by atoms with van der Waals surface area (Å²) >= 11 is 5.75. The zero-order valence-electron chi connectivity index (χ0n) is 9.04. The number of ketones is 2. The molecule has 0 aromatic heterocycles. The fraction of sp³-hybridized carbons (Fsp3) is 0.333. The van der Waals surface area contributed by atoms with Crippen LogP contribution in [0.3, 0.4) is 0 Å². The molecule has 0 saturated heterocycles. The Hall–Kier alpha value is -1.22. The van der Waals surface area contributed by atoms with Crippen LogP contribution in [0.1, 0.15) is 24.2 Å². The van der Waals surface area contributed by atoms with Gasteiger partial charge < -0.3 is 0 Å². The Morgan fingerprint density at radius 2 is 1.81 bits per heavy atom. The van der Waals surface area contributed by atoms with Gasteiger partial charge in [-0.05, 0) is 12.1 Å². The van der Waals surface area contributed by atoms with Gasteiger partial charge in [0.15, 0.2) is 5.78 Å². The smallest absolute Gasteiger partial charge is 0.221 e. The lowest BCUT2D eigenvalue weighted by Crippen LogP contribution is -2.29. The normalized spacial score (nSPS) is 12.6. The highest BCUT2D eigenvalue weighted by Crippen LogP contribution is 2.19. The first-order chi connectivity index (χ1) is 7.45. The second-order valence-electron chi connectivity index (χ2n) is 3.76. The second-order valence-corrected chi connectivity index (χ2v) is 4.17. The summed E-state index contributed by atoms with van der Waals surface area (Å²) in [6, 6.07) is 6.11. The van der Waals surface area contributed by atoms with Crippen molar-refractivity contribution >= 4 is 23.2 Å². The molecule has 86 valence electrons. The predicted molar refractivity (Wildman–Crippen MR) is 60.5 cm³/mol. The molecule has 0 radical (unpaired) electrons. The molecule has 0 aliphatic heterocycles. The molecule has 0 spiro atoms. The van der Waals surface area contributed by atoms with E-state index in [-0.39, 0.29) is 10.6 Å². The van der Waals surface area contributed by atoms with Crippen molar-refractivity contribution in [2.24, 2.45) is 5.92 Å². The molecular formula is C12H12ClFO2. The van der Waals surface area contributed by atoms with Crippen molar-refractivity contribution in [3.63, 3.8) is 0 Å². The van der Waals surface area contributed by atoms with Crippen LogP contribution < -0.4 is 0 Å². The molecular weight excluding hydrogens is 231 g/mol. The van der Waals surface area contributed by atoms with Crippen molar-refractivity contribution in [2.75, 3.05) is 0 Å². The van der Waals surface area contributed by atoms with Crippen molar-refractivity contribution < 1.29 is 14.0 Å². The number of carbonyl (C=O) groups excluding carboxylic acids is 2. The molecule has 1 rings (SSSR count). The Morgan fingerprint density at radius 3 is 2.31 bits per heavy atom. The SMILES string of the molecule is CC(C)C(=O)C(F)C(=O)c1ccccc1Cl. The van der Waals surface area contributed by atoms with E-state index < -0.39 is 23.7 Å². The maximum Gasteiger partial charge on any atom is 0.221 e. The zero-order chi connectivity index (χ0) is 12.3. The summed E-state index contributed by atoms with van der Waals surface area (Å²) in [6.07, 6.45) is -2.13. The first kappa shape index (κ1) is 12.8. The molecule has 0 bridgehead atoms. The van der Waals surface area contributed by atoms with E-state index in [9.17, 15) is 14.0 Å². The lowest BCUT2D eigenvalue weighted by Gasteiger charge is -2.09. The molecule has 0 aliphatic carbocycles. The van der Waals surface area contributed by atoms with Crippen molar-refractivity contribution in [3.8, 4) is 0 Å². The standard InChI is InChI=1S/C12H12ClFO2/c1-7(2)11(15)10(14)12(16)8-5-3-4-6-9(8)13/h3-7,10H,1-2H3. The van der Waals surface area contributed by atoms with Crippen molar-refractivity contribution in [3.05, 3.63) is 34.9 Å². The minimum Gasteiger partial charge on any atom is -0.296 e. The van der Waals surface area contributed by atoms with Crippen LogP contribution in [-0.2, 0) is 4.79 Å². The number of hydrogen-bond donors (Lipinski definition) is 0. The first-order valence-corrected chi connectivity index (χ1v) is 5.29. The zero-order valence-corrected chi connectivity index (χ0v) is 9.79. The maximum atomic E-state index is 13.5. The van der Waals surface area contributed by atoms with E-state index in [1.54, 1.807) is 26.0 Å². The monoisotopic (exact) mass is 242 g/mol. The van der Waals surface area contributed by atoms with Gasteiger partial charge in [-0.3, -0.25) is 9.59 Å². The van der Waals surface area contributed by atoms with Crippen LogP contribution in [0.4, 0.5) is 4.39 Å². The average molecular weight is 243 g/mol. The molecule has 1 aromatic rings. The van der Waals surface area contributed by atoms with Gasteiger partial charge in [-0.1, -0.05) is 37.6 Å². The molecule has 0 N–H and O–H groups in total. The van der Waals surface area contributed by atoms with Crippen molar-refractivity contribution in [2.45, 2.75) is 20.0 Å². The average Bonchev–Trinajstić information content (AvgIpc) is 2.26. The molecule has 4 heteroatoms. The van der Waals surface area contributed by atoms with Gasteiger partial charge in [0.1, 0.15) is 0 Å². The molecule has 16 heavy (non-hydrogen) atoms. The Morgan fingerprint density at radius 1 is 1.25 bits per heavy atom. The minimum absolute atomic E-state index is 0.0469. The highest BCUT2D eigenvalue weighted by atomic mass is 35.5. The molecule has 1 atom stereocenters. The number of carbonyl (C=O) groups is 2. The third-order valence-corrected chi connectivity index (χ3v) is 2.52. The quantitative estimate of drug-likeness (QED) is 0.601. The van der Waals surface area contributed by atoms with Crippen LogP contribution in [0, 0.1) is 5.92 Å². The predicted octanol–water partition coefficient (Wildman–Crippen LogP) is 3.09. The second kappa shape index (κ2) is 5.21. The van der Waals surface area contributed by atoms with Crippen LogP contribution >= 0.6 is 11.6 Å². The molecule has 0 amide bonds. The maximum absolute atomic E-state index is 13.5. The van der Waals surface area contributed by atoms with Crippen LogP contribution in [0.25, 0.3) is 0 Å². The van der Waals surface area contributed by atoms with Gasteiger partial charge in [-0.15, -0.1) is 0 Å². The van der Waals surface area contributed by atoms with Gasteiger partial charge in [-0.2, -0.15) is 0 Å². The topological polar surface area (TPSA) is 34.1 Å². The highest BCUT2D eigenvalue weighted by molar-refractivity contribution is 6.34. The van der Waals surface area contributed by atoms with Crippen LogP contribution in [-0.4, -0.2) is 17.7 Å². The Kier molecular flexibility index (Phi) is 4.19. The van der Waals surface area contributed by atoms with E-state index >= 15 is 0 Å². The minimum atomic E-state index is -2.13. The third-order valence-electron chi connectivity index (χ3n) is 2.19. The Balaban J connectivity index is 2.95. The molecule has 0 heterocycles. The number of Topliss-reactive ketones (excluding diaryl/α,β-unsaturated/α-hetero) is 2. The lowest BCUT2D eigenvalue weighted by molar-refractivity contribution is -0.125. The summed E-state index contributed by atoms with van der Waals surface area (Å²) in [5.74, 6) is -2.10. The van der Waals surface area contributed by atoms with Crippen LogP contribution in [0.5, 0.6) is 0 Å². The van der Waals surface area contributed by atoms with Crippen LogP contribution in [0.2, 0.25) is 5.02 Å². The van der Waals surface area contributed by atoms with E-state index in [2.05, 4.69) is 0 Å². The number of hydrogen-bond acceptors (Lipinski definition) is 2. The van der Waals surface area contributed by atoms with Crippen molar-refractivity contribution in [1.29, 1.82) is 0 Å². The number of alkyl halides is 1. The molecule has 0 aliphatic rings. The number of benzene rings is 1. The van der Waals surface area contributed by atoms with Gasteiger partial charge in [-0.25, -0.2) is 4.39 Å². The van der Waals surface area contributed by atoms with E-state index in [1.807, 2.05) is 0 Å². The molecule has 0 saturated carbocycles. The Bertz CT molecular complexity index is 415. The number of rotatable bonds is 4. The van der Waals surface area contributed by atoms with Gasteiger partial charge in [0, 0.05) is 11.5 Å². The summed E-state index contributed by atoms with van der Waals surface area (Å²) < 4.78 is 13.5. The highest BCUT2D eigenvalue weighted by Gasteiger charge is 2.29. The fourth-order valence-corrected chi connectivity index (χ4v) is 1.45. The fourth-order valence-electron chi connectivity index (χ4n) is 1.22. The summed E-state index contributed by atoms with van der Waals surface area (Å²) in [5, 5.41) is 0.159. The molecule has 2 nitrogen and oxygen atoms in total. The lowest BCUT2D eigenvalue weighted by atomic mass is 9.98. The van der Waals surface area contributed by atoms with E-state index in [4.69, 9.17) is 11.6 Å². The van der Waals surface area contributed by atoms with Gasteiger partial charge in [0.05, 0.1) is 5.02 Å². The van der Waals surface area contributed by atoms with Crippen molar-refractivity contribution in [1.82, 2.24) is 0 Å². The van der Waals surface area contributed by atoms with Gasteiger partial charge in [0.25, 0.3) is 0 Å². The number of halogens is 2. The Labute approximate surface area is 98.4 Å². The van der Waals surface area contributed by atoms with Gasteiger partial charge >= 0.3 is 0 Å². The van der Waals surface area contributed by atoms with E-state index in [0.29, 0.717) is 0 Å². The summed E-state index contributed by atoms with van der Waals surface area (Å²) in [4.78, 5) is 23.0. The molecule has 1 unspecified atom stereocenters. The first-order valence-electron chi connectivity index (χ1n) is 4.91. The molecule has 1 aromatic carbocycles. The summed E-state index contributed by atoms with van der Waals surface area (Å²) in [6.45, 7) is 3.10. The summed E-state index contributed by atoms with van der Waals surface area (Å²) in [5.41, 5.74) is 0.0469. The third kappa shape index (κ3) is 2.67. The largest absolute Gasteiger partial charge is 0.296 e. The van der Waals surface area contributed by atoms with Gasteiger partial charge in [0.2, 0.25) is 12.0 Å².